The molecule has 0 atom stereocenters. The summed E-state index contributed by atoms with van der Waals surface area (Å²) in [6.45, 7) is 1.71. The van der Waals surface area contributed by atoms with Crippen LogP contribution < -0.4 is 5.32 Å². The smallest absolute Gasteiger partial charge is 0.338 e. The highest BCUT2D eigenvalue weighted by atomic mass is 32.2. The highest BCUT2D eigenvalue weighted by Crippen LogP contribution is 2.21. The molecule has 0 bridgehead atoms. The number of carbonyl (C=O) groups excluding carboxylic acids is 1. The maximum atomic E-state index is 11.9. The fourth-order valence-corrected chi connectivity index (χ4v) is 3.55. The number of anilines is 1. The average Bonchev–Trinajstić information content (AvgIpc) is 2.91. The lowest BCUT2D eigenvalue weighted by atomic mass is 10.1. The first kappa shape index (κ1) is 15.6. The van der Waals surface area contributed by atoms with Gasteiger partial charge in [-0.3, -0.25) is 4.79 Å². The first-order valence-electron chi connectivity index (χ1n) is 6.31. The van der Waals surface area contributed by atoms with Gasteiger partial charge in [0, 0.05) is 10.6 Å². The molecular formula is C15H15NO3S2. The van der Waals surface area contributed by atoms with Crippen molar-refractivity contribution in [1.29, 1.82) is 0 Å². The lowest BCUT2D eigenvalue weighted by Crippen LogP contribution is -2.17. The Morgan fingerprint density at radius 1 is 1.29 bits per heavy atom. The van der Waals surface area contributed by atoms with Gasteiger partial charge in [0.15, 0.2) is 0 Å². The number of thioether (sulfide) groups is 1. The number of aromatic carboxylic acids is 1. The van der Waals surface area contributed by atoms with E-state index >= 15 is 0 Å². The van der Waals surface area contributed by atoms with E-state index in [1.165, 1.54) is 16.6 Å². The van der Waals surface area contributed by atoms with Crippen molar-refractivity contribution in [2.75, 3.05) is 11.1 Å². The normalized spacial score (nSPS) is 10.3. The number of carboxylic acid groups (broad SMARTS) is 1. The molecule has 0 unspecified atom stereocenters. The second kappa shape index (κ2) is 7.28. The molecule has 6 heteroatoms. The van der Waals surface area contributed by atoms with Crippen LogP contribution in [-0.4, -0.2) is 22.7 Å². The topological polar surface area (TPSA) is 66.4 Å². The summed E-state index contributed by atoms with van der Waals surface area (Å²) in [5.74, 6) is -0.144. The van der Waals surface area contributed by atoms with Gasteiger partial charge in [0.25, 0.3) is 0 Å². The Bertz CT molecular complexity index is 638. The van der Waals surface area contributed by atoms with Crippen molar-refractivity contribution in [2.24, 2.45) is 0 Å². The van der Waals surface area contributed by atoms with Crippen LogP contribution >= 0.6 is 23.1 Å². The fourth-order valence-electron chi connectivity index (χ4n) is 1.88. The number of carboxylic acids is 1. The molecule has 0 aliphatic heterocycles. The largest absolute Gasteiger partial charge is 0.478 e. The highest BCUT2D eigenvalue weighted by Gasteiger charge is 2.14. The minimum atomic E-state index is -1.03. The van der Waals surface area contributed by atoms with E-state index in [1.807, 2.05) is 17.5 Å². The summed E-state index contributed by atoms with van der Waals surface area (Å²) in [5.41, 5.74) is 1.13. The minimum absolute atomic E-state index is 0.147. The van der Waals surface area contributed by atoms with Crippen LogP contribution in [0, 0.1) is 6.92 Å². The van der Waals surface area contributed by atoms with Crippen LogP contribution in [0.15, 0.2) is 35.7 Å². The van der Waals surface area contributed by atoms with Crippen LogP contribution in [0.4, 0.5) is 5.69 Å². The predicted molar refractivity (Wildman–Crippen MR) is 87.2 cm³/mol. The van der Waals surface area contributed by atoms with Gasteiger partial charge in [-0.2, -0.15) is 0 Å². The van der Waals surface area contributed by atoms with E-state index in [9.17, 15) is 14.7 Å². The van der Waals surface area contributed by atoms with Crippen molar-refractivity contribution in [1.82, 2.24) is 0 Å². The molecule has 0 radical (unpaired) electrons. The van der Waals surface area contributed by atoms with E-state index in [0.29, 0.717) is 17.0 Å². The van der Waals surface area contributed by atoms with E-state index in [2.05, 4.69) is 5.32 Å². The summed E-state index contributed by atoms with van der Waals surface area (Å²) >= 11 is 3.16. The Morgan fingerprint density at radius 3 is 2.76 bits per heavy atom. The van der Waals surface area contributed by atoms with E-state index in [1.54, 1.807) is 36.5 Å². The Kier molecular flexibility index (Phi) is 5.41. The van der Waals surface area contributed by atoms with Gasteiger partial charge in [-0.1, -0.05) is 18.2 Å². The molecule has 2 rings (SSSR count). The van der Waals surface area contributed by atoms with Gasteiger partial charge in [-0.25, -0.2) is 4.79 Å². The van der Waals surface area contributed by atoms with E-state index in [-0.39, 0.29) is 11.5 Å². The zero-order chi connectivity index (χ0) is 15.2. The molecule has 110 valence electrons. The van der Waals surface area contributed by atoms with Gasteiger partial charge >= 0.3 is 5.97 Å². The van der Waals surface area contributed by atoms with E-state index in [0.717, 1.165) is 5.75 Å². The number of nitrogens with one attached hydrogen (secondary N) is 1. The molecule has 0 saturated heterocycles. The number of aryl methyl sites for hydroxylation is 1. The molecule has 1 aromatic heterocycles. The molecule has 21 heavy (non-hydrogen) atoms. The zero-order valence-corrected chi connectivity index (χ0v) is 13.1. The average molecular weight is 321 g/mol. The third-order valence-electron chi connectivity index (χ3n) is 2.82. The van der Waals surface area contributed by atoms with Crippen molar-refractivity contribution >= 4 is 40.7 Å². The minimum Gasteiger partial charge on any atom is -0.478 e. The molecule has 0 fully saturated rings. The van der Waals surface area contributed by atoms with E-state index in [4.69, 9.17) is 0 Å². The number of hydrogen-bond donors (Lipinski definition) is 2. The number of amides is 1. The fraction of sp³-hybridized carbons (Fsp3) is 0.200. The third-order valence-corrected chi connectivity index (χ3v) is 4.86. The Labute approximate surface area is 131 Å². The molecule has 4 nitrogen and oxygen atoms in total. The van der Waals surface area contributed by atoms with Crippen LogP contribution in [0.5, 0.6) is 0 Å². The lowest BCUT2D eigenvalue weighted by Gasteiger charge is -2.10. The van der Waals surface area contributed by atoms with Crippen molar-refractivity contribution in [3.8, 4) is 0 Å². The van der Waals surface area contributed by atoms with E-state index < -0.39 is 5.97 Å². The standard InChI is InChI=1S/C15H15NO3S2/c1-10-4-2-6-12(14(10)15(18)19)16-13(17)9-20-8-11-5-3-7-21-11/h2-7H,8-9H2,1H3,(H,16,17)(H,18,19). The van der Waals surface area contributed by atoms with Crippen LogP contribution in [0.25, 0.3) is 0 Å². The van der Waals surface area contributed by atoms with Crippen molar-refractivity contribution in [3.05, 3.63) is 51.7 Å². The summed E-state index contributed by atoms with van der Waals surface area (Å²) in [7, 11) is 0. The molecule has 0 spiro atoms. The van der Waals surface area contributed by atoms with Crippen LogP contribution in [0.2, 0.25) is 0 Å². The lowest BCUT2D eigenvalue weighted by molar-refractivity contribution is -0.113. The number of hydrogen-bond acceptors (Lipinski definition) is 4. The Hall–Kier alpha value is -1.79. The molecule has 0 saturated carbocycles. The Morgan fingerprint density at radius 2 is 2.10 bits per heavy atom. The second-order valence-electron chi connectivity index (χ2n) is 4.42. The molecule has 1 amide bonds. The molecule has 2 N–H and O–H groups in total. The number of rotatable bonds is 6. The molecule has 1 aromatic carbocycles. The monoisotopic (exact) mass is 321 g/mol. The summed E-state index contributed by atoms with van der Waals surface area (Å²) in [6, 6.07) is 9.06. The molecular weight excluding hydrogens is 306 g/mol. The van der Waals surface area contributed by atoms with Gasteiger partial charge < -0.3 is 10.4 Å². The Balaban J connectivity index is 1.93. The summed E-state index contributed by atoms with van der Waals surface area (Å²) in [6.07, 6.45) is 0. The van der Waals surface area contributed by atoms with Gasteiger partial charge in [-0.05, 0) is 30.0 Å². The molecule has 0 aliphatic carbocycles. The van der Waals surface area contributed by atoms with Gasteiger partial charge in [0.2, 0.25) is 5.91 Å². The number of thiophene rings is 1. The predicted octanol–water partition coefficient (Wildman–Crippen LogP) is 3.63. The van der Waals surface area contributed by atoms with Gasteiger partial charge in [-0.15, -0.1) is 23.1 Å². The highest BCUT2D eigenvalue weighted by molar-refractivity contribution is 7.99. The molecule has 2 aromatic rings. The van der Waals surface area contributed by atoms with Crippen molar-refractivity contribution in [3.63, 3.8) is 0 Å². The summed E-state index contributed by atoms with van der Waals surface area (Å²) in [5, 5.41) is 13.9. The van der Waals surface area contributed by atoms with Crippen LogP contribution in [-0.2, 0) is 10.5 Å². The quantitative estimate of drug-likeness (QED) is 0.852. The molecule has 1 heterocycles. The van der Waals surface area contributed by atoms with Crippen molar-refractivity contribution < 1.29 is 14.7 Å². The molecule has 0 aliphatic rings. The summed E-state index contributed by atoms with van der Waals surface area (Å²) < 4.78 is 0. The first-order chi connectivity index (χ1) is 10.1. The number of benzene rings is 1. The summed E-state index contributed by atoms with van der Waals surface area (Å²) in [4.78, 5) is 24.4. The van der Waals surface area contributed by atoms with Crippen LogP contribution in [0.3, 0.4) is 0 Å². The first-order valence-corrected chi connectivity index (χ1v) is 8.34. The van der Waals surface area contributed by atoms with Crippen LogP contribution in [0.1, 0.15) is 20.8 Å². The maximum absolute atomic E-state index is 11.9. The second-order valence-corrected chi connectivity index (χ2v) is 6.44. The van der Waals surface area contributed by atoms with Gasteiger partial charge in [0.05, 0.1) is 17.0 Å². The van der Waals surface area contributed by atoms with Crippen molar-refractivity contribution in [2.45, 2.75) is 12.7 Å². The maximum Gasteiger partial charge on any atom is 0.338 e. The van der Waals surface area contributed by atoms with Gasteiger partial charge in [0.1, 0.15) is 0 Å². The SMILES string of the molecule is Cc1cccc(NC(=O)CSCc2cccs2)c1C(=O)O. The zero-order valence-electron chi connectivity index (χ0n) is 11.5. The third kappa shape index (κ3) is 4.34. The number of carbonyl (C=O) groups is 2.